The van der Waals surface area contributed by atoms with E-state index in [-0.39, 0.29) is 18.5 Å². The summed E-state index contributed by atoms with van der Waals surface area (Å²) in [6.45, 7) is 4.93. The van der Waals surface area contributed by atoms with Crippen LogP contribution in [0.4, 0.5) is 0 Å². The van der Waals surface area contributed by atoms with Gasteiger partial charge in [0.2, 0.25) is 5.91 Å². The number of esters is 1. The van der Waals surface area contributed by atoms with Gasteiger partial charge in [-0.25, -0.2) is 0 Å². The third-order valence-corrected chi connectivity index (χ3v) is 17.1. The zero-order valence-corrected chi connectivity index (χ0v) is 54.8. The topological polar surface area (TPSA) is 95.9 Å². The molecule has 0 saturated carbocycles. The molecule has 0 aromatic rings. The van der Waals surface area contributed by atoms with Crippen molar-refractivity contribution >= 4 is 11.9 Å². The molecule has 0 aliphatic heterocycles. The summed E-state index contributed by atoms with van der Waals surface area (Å²) in [6, 6.07) is -0.627. The van der Waals surface area contributed by atoms with Crippen molar-refractivity contribution < 1.29 is 24.5 Å². The number of hydrogen-bond donors (Lipinski definition) is 3. The van der Waals surface area contributed by atoms with Crippen molar-refractivity contribution in [3.05, 3.63) is 36.5 Å². The van der Waals surface area contributed by atoms with Crippen molar-refractivity contribution in [2.24, 2.45) is 0 Å². The first-order valence-electron chi connectivity index (χ1n) is 36.8. The third-order valence-electron chi connectivity index (χ3n) is 17.1. The molecule has 0 aromatic heterocycles. The zero-order valence-electron chi connectivity index (χ0n) is 54.8. The van der Waals surface area contributed by atoms with Crippen molar-refractivity contribution in [2.45, 2.75) is 418 Å². The number of hydrogen-bond acceptors (Lipinski definition) is 5. The van der Waals surface area contributed by atoms with Gasteiger partial charge in [-0.1, -0.05) is 346 Å². The number of aliphatic hydroxyl groups is 2. The van der Waals surface area contributed by atoms with Crippen LogP contribution in [0.25, 0.3) is 0 Å². The highest BCUT2D eigenvalue weighted by molar-refractivity contribution is 5.76. The van der Waals surface area contributed by atoms with Gasteiger partial charge in [0.25, 0.3) is 0 Å². The highest BCUT2D eigenvalue weighted by Gasteiger charge is 2.18. The van der Waals surface area contributed by atoms with Gasteiger partial charge in [-0.2, -0.15) is 0 Å². The van der Waals surface area contributed by atoms with E-state index in [4.69, 9.17) is 4.74 Å². The van der Waals surface area contributed by atoms with Crippen LogP contribution in [0.15, 0.2) is 36.5 Å². The highest BCUT2D eigenvalue weighted by atomic mass is 16.5. The van der Waals surface area contributed by atoms with Gasteiger partial charge in [-0.05, 0) is 83.5 Å². The Morgan fingerprint density at radius 1 is 0.333 bits per heavy atom. The Balaban J connectivity index is 3.38. The lowest BCUT2D eigenvalue weighted by Gasteiger charge is -2.20. The van der Waals surface area contributed by atoms with Crippen LogP contribution in [0.3, 0.4) is 0 Å². The van der Waals surface area contributed by atoms with Crippen LogP contribution in [0.1, 0.15) is 406 Å². The van der Waals surface area contributed by atoms with Gasteiger partial charge in [-0.3, -0.25) is 9.59 Å². The summed E-state index contributed by atoms with van der Waals surface area (Å²) < 4.78 is 5.49. The first kappa shape index (κ1) is 79.1. The summed E-state index contributed by atoms with van der Waals surface area (Å²) in [7, 11) is 0. The van der Waals surface area contributed by atoms with E-state index in [0.29, 0.717) is 19.4 Å². The van der Waals surface area contributed by atoms with Gasteiger partial charge in [0.15, 0.2) is 0 Å². The molecule has 81 heavy (non-hydrogen) atoms. The van der Waals surface area contributed by atoms with E-state index in [1.165, 1.54) is 334 Å². The second kappa shape index (κ2) is 70.6. The molecule has 0 aromatic carbocycles. The molecule has 0 saturated heterocycles. The minimum atomic E-state index is -0.844. The Morgan fingerprint density at radius 2 is 0.580 bits per heavy atom. The van der Waals surface area contributed by atoms with Crippen molar-refractivity contribution in [1.29, 1.82) is 0 Å². The van der Waals surface area contributed by atoms with Gasteiger partial charge in [0.05, 0.1) is 25.4 Å². The average Bonchev–Trinajstić information content (AvgIpc) is 3.47. The largest absolute Gasteiger partial charge is 0.466 e. The maximum absolute atomic E-state index is 12.5. The normalized spacial score (nSPS) is 12.7. The number of aliphatic hydroxyl groups excluding tert-OH is 2. The number of amides is 1. The summed E-state index contributed by atoms with van der Waals surface area (Å²) in [5.41, 5.74) is 0. The fraction of sp³-hybridized carbons (Fsp3) is 0.893. The molecule has 0 aliphatic rings. The van der Waals surface area contributed by atoms with Crippen LogP contribution in [0.5, 0.6) is 0 Å². The fourth-order valence-corrected chi connectivity index (χ4v) is 11.5. The first-order chi connectivity index (χ1) is 40.0. The molecule has 1 amide bonds. The van der Waals surface area contributed by atoms with E-state index in [0.717, 1.165) is 44.9 Å². The Bertz CT molecular complexity index is 1310. The molecule has 2 atom stereocenters. The summed E-state index contributed by atoms with van der Waals surface area (Å²) >= 11 is 0. The third kappa shape index (κ3) is 67.1. The molecule has 478 valence electrons. The van der Waals surface area contributed by atoms with Gasteiger partial charge < -0.3 is 20.3 Å². The van der Waals surface area contributed by atoms with E-state index < -0.39 is 12.1 Å². The number of unbranched alkanes of at least 4 members (excludes halogenated alkanes) is 54. The molecule has 0 bridgehead atoms. The molecule has 6 nitrogen and oxygen atoms in total. The fourth-order valence-electron chi connectivity index (χ4n) is 11.5. The highest BCUT2D eigenvalue weighted by Crippen LogP contribution is 2.19. The molecular formula is C75H143NO5. The molecule has 0 rings (SSSR count). The number of nitrogens with one attached hydrogen (secondary N) is 1. The SMILES string of the molecule is CCCCCCCC/C=C\CCCCCCCC(=O)OCCCCCCCCCCCCCC/C=C\CCCCCCCCCCCCCCCCCC(=O)NC(CO)C(O)/C=C/CCCCCCCCCCCCCCCCCC. The number of rotatable bonds is 69. The minimum absolute atomic E-state index is 0.00992. The first-order valence-corrected chi connectivity index (χ1v) is 36.8. The Labute approximate surface area is 506 Å². The van der Waals surface area contributed by atoms with Crippen molar-refractivity contribution in [3.8, 4) is 0 Å². The molecule has 0 aliphatic carbocycles. The van der Waals surface area contributed by atoms with Crippen LogP contribution in [-0.4, -0.2) is 47.4 Å². The number of carbonyl (C=O) groups is 2. The molecule has 6 heteroatoms. The summed E-state index contributed by atoms with van der Waals surface area (Å²) in [5.74, 6) is -0.0527. The van der Waals surface area contributed by atoms with Gasteiger partial charge in [-0.15, -0.1) is 0 Å². The lowest BCUT2D eigenvalue weighted by Crippen LogP contribution is -2.45. The van der Waals surface area contributed by atoms with E-state index in [2.05, 4.69) is 43.5 Å². The Kier molecular flexibility index (Phi) is 68.9. The lowest BCUT2D eigenvalue weighted by molar-refractivity contribution is -0.143. The monoisotopic (exact) mass is 1140 g/mol. The van der Waals surface area contributed by atoms with E-state index in [9.17, 15) is 19.8 Å². The van der Waals surface area contributed by atoms with Crippen LogP contribution < -0.4 is 5.32 Å². The molecule has 0 radical (unpaired) electrons. The van der Waals surface area contributed by atoms with Crippen molar-refractivity contribution in [3.63, 3.8) is 0 Å². The predicted octanol–water partition coefficient (Wildman–Crippen LogP) is 23.9. The van der Waals surface area contributed by atoms with Crippen LogP contribution in [0, 0.1) is 0 Å². The summed E-state index contributed by atoms with van der Waals surface area (Å²) in [4.78, 5) is 24.6. The van der Waals surface area contributed by atoms with Crippen LogP contribution in [0.2, 0.25) is 0 Å². The number of carbonyl (C=O) groups excluding carboxylic acids is 2. The average molecular weight is 1140 g/mol. The van der Waals surface area contributed by atoms with Crippen molar-refractivity contribution in [2.75, 3.05) is 13.2 Å². The summed E-state index contributed by atoms with van der Waals surface area (Å²) in [5, 5.41) is 23.2. The second-order valence-corrected chi connectivity index (χ2v) is 25.3. The van der Waals surface area contributed by atoms with E-state index in [1.807, 2.05) is 6.08 Å². The molecule has 0 fully saturated rings. The molecule has 0 spiro atoms. The lowest BCUT2D eigenvalue weighted by atomic mass is 10.0. The standard InChI is InChI=1S/C75H143NO5/c1-3-5-7-9-11-13-15-17-19-20-36-40-43-47-51-55-59-63-67-73(78)72(71-77)76-74(79)68-64-60-56-52-48-44-41-37-34-32-30-28-26-24-22-21-23-25-27-29-31-33-35-38-42-46-50-54-58-62-66-70-81-75(80)69-65-61-57-53-49-45-39-18-16-14-12-10-8-6-4-2/h18,23,25,39,63,67,72-73,77-78H,3-17,19-22,24,26-38,40-62,64-66,68-71H2,1-2H3,(H,76,79)/b25-23-,39-18-,67-63+. The predicted molar refractivity (Wildman–Crippen MR) is 356 cm³/mol. The zero-order chi connectivity index (χ0) is 58.5. The van der Waals surface area contributed by atoms with E-state index >= 15 is 0 Å². The van der Waals surface area contributed by atoms with Gasteiger partial charge in [0, 0.05) is 12.8 Å². The second-order valence-electron chi connectivity index (χ2n) is 25.3. The Hall–Kier alpha value is -1.92. The maximum Gasteiger partial charge on any atom is 0.305 e. The number of allylic oxidation sites excluding steroid dienone is 5. The van der Waals surface area contributed by atoms with Gasteiger partial charge >= 0.3 is 5.97 Å². The smallest absolute Gasteiger partial charge is 0.305 e. The van der Waals surface area contributed by atoms with E-state index in [1.54, 1.807) is 6.08 Å². The quantitative estimate of drug-likeness (QED) is 0.0320. The van der Waals surface area contributed by atoms with Gasteiger partial charge in [0.1, 0.15) is 0 Å². The number of ether oxygens (including phenoxy) is 1. The maximum atomic E-state index is 12.5. The Morgan fingerprint density at radius 3 is 0.877 bits per heavy atom. The molecule has 2 unspecified atom stereocenters. The summed E-state index contributed by atoms with van der Waals surface area (Å²) in [6.07, 6.45) is 90.9. The van der Waals surface area contributed by atoms with Crippen LogP contribution >= 0.6 is 0 Å². The molecular weight excluding hydrogens is 995 g/mol. The molecule has 0 heterocycles. The molecule has 3 N–H and O–H groups in total. The minimum Gasteiger partial charge on any atom is -0.466 e. The van der Waals surface area contributed by atoms with Crippen LogP contribution in [-0.2, 0) is 14.3 Å². The van der Waals surface area contributed by atoms with Crippen molar-refractivity contribution in [1.82, 2.24) is 5.32 Å².